The van der Waals surface area contributed by atoms with Crippen LogP contribution in [0.4, 0.5) is 5.69 Å². The summed E-state index contributed by atoms with van der Waals surface area (Å²) in [7, 11) is 0. The van der Waals surface area contributed by atoms with Gasteiger partial charge < -0.3 is 10.3 Å². The largest absolute Gasteiger partial charge is 0.325 e. The van der Waals surface area contributed by atoms with Crippen molar-refractivity contribution in [3.8, 4) is 0 Å². The highest BCUT2D eigenvalue weighted by molar-refractivity contribution is 6.33. The molecule has 0 aliphatic heterocycles. The van der Waals surface area contributed by atoms with Gasteiger partial charge in [-0.3, -0.25) is 14.6 Å². The molecule has 0 unspecified atom stereocenters. The van der Waals surface area contributed by atoms with Crippen molar-refractivity contribution in [2.24, 2.45) is 0 Å². The maximum atomic E-state index is 11.7. The van der Waals surface area contributed by atoms with E-state index >= 15 is 0 Å². The molecule has 0 radical (unpaired) electrons. The Balaban J connectivity index is 2.20. The molecule has 2 rings (SSSR count). The van der Waals surface area contributed by atoms with E-state index in [1.807, 2.05) is 0 Å². The van der Waals surface area contributed by atoms with Crippen LogP contribution in [0.3, 0.4) is 0 Å². The fourth-order valence-corrected chi connectivity index (χ4v) is 1.30. The lowest BCUT2D eigenvalue weighted by Gasteiger charge is -2.05. The van der Waals surface area contributed by atoms with Gasteiger partial charge in [-0.05, 0) is 6.07 Å². The summed E-state index contributed by atoms with van der Waals surface area (Å²) in [6.45, 7) is 0. The number of aromatic amines is 1. The van der Waals surface area contributed by atoms with Crippen LogP contribution in [0.1, 0.15) is 10.5 Å². The maximum Gasteiger partial charge on any atom is 0.275 e. The second-order valence-electron chi connectivity index (χ2n) is 3.11. The van der Waals surface area contributed by atoms with Gasteiger partial charge in [0.05, 0.1) is 16.9 Å². The molecule has 7 heteroatoms. The van der Waals surface area contributed by atoms with E-state index in [-0.39, 0.29) is 11.3 Å². The summed E-state index contributed by atoms with van der Waals surface area (Å²) in [6, 6.07) is 1.56. The number of carbonyl (C=O) groups excluding carboxylic acids is 1. The van der Waals surface area contributed by atoms with Crippen LogP contribution in [0.5, 0.6) is 0 Å². The number of carbonyl (C=O) groups is 1. The fourth-order valence-electron chi connectivity index (χ4n) is 1.13. The van der Waals surface area contributed by atoms with E-state index in [1.165, 1.54) is 18.6 Å². The Hall–Kier alpha value is -2.21. The van der Waals surface area contributed by atoms with E-state index in [9.17, 15) is 9.59 Å². The number of pyridine rings is 1. The monoisotopic (exact) mass is 250 g/mol. The fraction of sp³-hybridized carbons (Fsp3) is 0. The average molecular weight is 251 g/mol. The van der Waals surface area contributed by atoms with Crippen molar-refractivity contribution in [1.82, 2.24) is 15.0 Å². The van der Waals surface area contributed by atoms with Crippen molar-refractivity contribution < 1.29 is 4.79 Å². The number of hydrogen-bond donors (Lipinski definition) is 2. The van der Waals surface area contributed by atoms with E-state index < -0.39 is 5.91 Å². The first-order valence-electron chi connectivity index (χ1n) is 4.62. The molecular formula is C10H7ClN4O2. The van der Waals surface area contributed by atoms with Gasteiger partial charge in [-0.15, -0.1) is 0 Å². The number of nitrogens with zero attached hydrogens (tertiary/aromatic N) is 2. The molecule has 0 spiro atoms. The molecule has 1 amide bonds. The third-order valence-electron chi connectivity index (χ3n) is 1.93. The summed E-state index contributed by atoms with van der Waals surface area (Å²) in [5.74, 6) is -0.464. The number of halogens is 1. The van der Waals surface area contributed by atoms with Crippen molar-refractivity contribution in [1.29, 1.82) is 0 Å². The van der Waals surface area contributed by atoms with Gasteiger partial charge in [0.1, 0.15) is 5.69 Å². The van der Waals surface area contributed by atoms with Crippen LogP contribution in [0.2, 0.25) is 5.02 Å². The Morgan fingerprint density at radius 3 is 2.88 bits per heavy atom. The molecule has 0 atom stereocenters. The predicted molar refractivity (Wildman–Crippen MR) is 62.1 cm³/mol. The zero-order chi connectivity index (χ0) is 12.3. The van der Waals surface area contributed by atoms with Gasteiger partial charge in [0.25, 0.3) is 11.5 Å². The van der Waals surface area contributed by atoms with Crippen molar-refractivity contribution in [3.05, 3.63) is 51.9 Å². The van der Waals surface area contributed by atoms with Crippen LogP contribution in [-0.2, 0) is 0 Å². The van der Waals surface area contributed by atoms with Gasteiger partial charge in [0.15, 0.2) is 0 Å². The smallest absolute Gasteiger partial charge is 0.275 e. The molecule has 0 aromatic carbocycles. The highest BCUT2D eigenvalue weighted by atomic mass is 35.5. The summed E-state index contributed by atoms with van der Waals surface area (Å²) in [5.41, 5.74) is 0.153. The first kappa shape index (κ1) is 11.3. The molecule has 2 N–H and O–H groups in total. The van der Waals surface area contributed by atoms with Crippen LogP contribution >= 0.6 is 11.6 Å². The van der Waals surface area contributed by atoms with Gasteiger partial charge in [-0.1, -0.05) is 11.6 Å². The number of H-pyrrole nitrogens is 1. The molecule has 17 heavy (non-hydrogen) atoms. The summed E-state index contributed by atoms with van der Waals surface area (Å²) in [4.78, 5) is 32.3. The first-order valence-corrected chi connectivity index (χ1v) is 5.00. The van der Waals surface area contributed by atoms with E-state index in [2.05, 4.69) is 20.3 Å². The highest BCUT2D eigenvalue weighted by Gasteiger charge is 2.09. The van der Waals surface area contributed by atoms with Crippen LogP contribution < -0.4 is 10.9 Å². The number of aromatic nitrogens is 3. The average Bonchev–Trinajstić information content (AvgIpc) is 2.33. The van der Waals surface area contributed by atoms with E-state index in [0.29, 0.717) is 10.7 Å². The Morgan fingerprint density at radius 1 is 1.41 bits per heavy atom. The number of amides is 1. The molecule has 2 heterocycles. The molecule has 0 saturated heterocycles. The minimum Gasteiger partial charge on any atom is -0.325 e. The zero-order valence-corrected chi connectivity index (χ0v) is 9.23. The molecule has 0 aliphatic carbocycles. The molecule has 0 aliphatic rings. The van der Waals surface area contributed by atoms with Crippen LogP contribution in [0.15, 0.2) is 35.6 Å². The third kappa shape index (κ3) is 2.67. The molecule has 6 nitrogen and oxygen atoms in total. The Morgan fingerprint density at radius 2 is 2.24 bits per heavy atom. The number of rotatable bonds is 2. The second-order valence-corrected chi connectivity index (χ2v) is 3.51. The Kier molecular flexibility index (Phi) is 3.15. The zero-order valence-electron chi connectivity index (χ0n) is 8.48. The summed E-state index contributed by atoms with van der Waals surface area (Å²) >= 11 is 5.83. The van der Waals surface area contributed by atoms with E-state index in [1.54, 1.807) is 6.07 Å². The van der Waals surface area contributed by atoms with E-state index in [0.717, 1.165) is 6.20 Å². The summed E-state index contributed by atoms with van der Waals surface area (Å²) in [6.07, 6.45) is 5.18. The van der Waals surface area contributed by atoms with Crippen LogP contribution in [0.25, 0.3) is 0 Å². The highest BCUT2D eigenvalue weighted by Crippen LogP contribution is 2.19. The lowest BCUT2D eigenvalue weighted by atomic mass is 10.3. The number of nitrogens with one attached hydrogen (secondary N) is 2. The van der Waals surface area contributed by atoms with Crippen molar-refractivity contribution in [2.75, 3.05) is 5.32 Å². The van der Waals surface area contributed by atoms with Gasteiger partial charge in [0, 0.05) is 18.6 Å². The van der Waals surface area contributed by atoms with Gasteiger partial charge in [0.2, 0.25) is 0 Å². The number of anilines is 1. The molecule has 2 aromatic heterocycles. The summed E-state index contributed by atoms with van der Waals surface area (Å²) < 4.78 is 0. The van der Waals surface area contributed by atoms with Crippen LogP contribution in [0, 0.1) is 0 Å². The standard InChI is InChI=1S/C10H7ClN4O2/c11-6-3-12-2-1-7(6)15-10(17)8-4-14-9(16)5-13-8/h1-5H,(H,14,16)(H,12,15,17). The van der Waals surface area contributed by atoms with Crippen molar-refractivity contribution in [2.45, 2.75) is 0 Å². The van der Waals surface area contributed by atoms with E-state index in [4.69, 9.17) is 11.6 Å². The van der Waals surface area contributed by atoms with Crippen molar-refractivity contribution in [3.63, 3.8) is 0 Å². The quantitative estimate of drug-likeness (QED) is 0.835. The number of hydrogen-bond acceptors (Lipinski definition) is 4. The Labute approximate surface area is 101 Å². The Bertz CT molecular complexity index is 591. The predicted octanol–water partition coefficient (Wildman–Crippen LogP) is 1.07. The lowest BCUT2D eigenvalue weighted by Crippen LogP contribution is -2.17. The first-order chi connectivity index (χ1) is 8.16. The lowest BCUT2D eigenvalue weighted by molar-refractivity contribution is 0.102. The molecule has 0 fully saturated rings. The maximum absolute atomic E-state index is 11.7. The van der Waals surface area contributed by atoms with Gasteiger partial charge in [-0.25, -0.2) is 4.98 Å². The molecule has 0 bridgehead atoms. The summed E-state index contributed by atoms with van der Waals surface area (Å²) in [5, 5.41) is 2.87. The normalized spacial score (nSPS) is 9.94. The second kappa shape index (κ2) is 4.75. The molecule has 86 valence electrons. The minimum absolute atomic E-state index is 0.0949. The molecular weight excluding hydrogens is 244 g/mol. The van der Waals surface area contributed by atoms with Crippen LogP contribution in [-0.4, -0.2) is 20.9 Å². The van der Waals surface area contributed by atoms with Crippen molar-refractivity contribution >= 4 is 23.2 Å². The van der Waals surface area contributed by atoms with Gasteiger partial charge >= 0.3 is 0 Å². The van der Waals surface area contributed by atoms with Gasteiger partial charge in [-0.2, -0.15) is 0 Å². The minimum atomic E-state index is -0.464. The third-order valence-corrected chi connectivity index (χ3v) is 2.23. The topological polar surface area (TPSA) is 87.7 Å². The molecule has 2 aromatic rings. The SMILES string of the molecule is O=C(Nc1ccncc1Cl)c1c[nH]c(=O)cn1. The molecule has 0 saturated carbocycles.